The third-order valence-corrected chi connectivity index (χ3v) is 5.13. The van der Waals surface area contributed by atoms with Gasteiger partial charge in [0, 0.05) is 19.0 Å². The van der Waals surface area contributed by atoms with Gasteiger partial charge in [-0.2, -0.15) is 0 Å². The van der Waals surface area contributed by atoms with Crippen molar-refractivity contribution in [1.82, 2.24) is 4.90 Å². The van der Waals surface area contributed by atoms with Crippen molar-refractivity contribution in [2.45, 2.75) is 25.7 Å². The number of likely N-dealkylation sites (N-methyl/N-ethyl adjacent to an activating group) is 1. The first-order valence-electron chi connectivity index (χ1n) is 7.69. The molecule has 1 unspecified atom stereocenters. The number of rotatable bonds is 2. The Kier molecular flexibility index (Phi) is 3.44. The Balaban J connectivity index is 2.19. The standard InChI is InChI=1S/C18H21NO2/c1-3-19-12-10-15-13(2)16(20)9-11-18(15,17(19)21)14-7-5-4-6-8-14/h4-9,11,13,15H,3,10,12H2,1-2H3/t13-,15-,18?/m0/s1. The number of benzene rings is 1. The van der Waals surface area contributed by atoms with Crippen LogP contribution in [0.1, 0.15) is 25.8 Å². The van der Waals surface area contributed by atoms with Gasteiger partial charge in [0.15, 0.2) is 5.78 Å². The van der Waals surface area contributed by atoms with Crippen LogP contribution in [0.2, 0.25) is 0 Å². The largest absolute Gasteiger partial charge is 0.342 e. The number of carbonyl (C=O) groups excluding carboxylic acids is 2. The molecule has 3 nitrogen and oxygen atoms in total. The van der Waals surface area contributed by atoms with Gasteiger partial charge in [0.2, 0.25) is 5.91 Å². The van der Waals surface area contributed by atoms with E-state index in [0.717, 1.165) is 25.1 Å². The lowest BCUT2D eigenvalue weighted by Gasteiger charge is -2.49. The van der Waals surface area contributed by atoms with Crippen LogP contribution in [0.4, 0.5) is 0 Å². The molecule has 0 aromatic heterocycles. The molecule has 0 N–H and O–H groups in total. The number of likely N-dealkylation sites (tertiary alicyclic amines) is 1. The summed E-state index contributed by atoms with van der Waals surface area (Å²) in [4.78, 5) is 27.1. The molecule has 0 spiro atoms. The maximum absolute atomic E-state index is 13.1. The minimum absolute atomic E-state index is 0.0627. The van der Waals surface area contributed by atoms with Crippen molar-refractivity contribution >= 4 is 11.7 Å². The predicted octanol–water partition coefficient (Wildman–Crippen LogP) is 2.57. The van der Waals surface area contributed by atoms with Gasteiger partial charge in [0.05, 0.1) is 5.41 Å². The monoisotopic (exact) mass is 283 g/mol. The molecule has 0 saturated carbocycles. The quantitative estimate of drug-likeness (QED) is 0.836. The number of amides is 1. The second kappa shape index (κ2) is 5.14. The van der Waals surface area contributed by atoms with Gasteiger partial charge < -0.3 is 4.90 Å². The van der Waals surface area contributed by atoms with Crippen molar-refractivity contribution in [3.05, 3.63) is 48.0 Å². The fourth-order valence-corrected chi connectivity index (χ4v) is 3.90. The van der Waals surface area contributed by atoms with E-state index in [9.17, 15) is 9.59 Å². The maximum atomic E-state index is 13.1. The van der Waals surface area contributed by atoms with E-state index in [1.807, 2.05) is 55.2 Å². The first-order chi connectivity index (χ1) is 10.1. The van der Waals surface area contributed by atoms with Crippen molar-refractivity contribution in [1.29, 1.82) is 0 Å². The van der Waals surface area contributed by atoms with Gasteiger partial charge in [0.25, 0.3) is 0 Å². The third-order valence-electron chi connectivity index (χ3n) is 5.13. The molecule has 3 heteroatoms. The van der Waals surface area contributed by atoms with Gasteiger partial charge in [-0.3, -0.25) is 9.59 Å². The number of allylic oxidation sites excluding steroid dienone is 1. The maximum Gasteiger partial charge on any atom is 0.237 e. The van der Waals surface area contributed by atoms with E-state index in [1.54, 1.807) is 6.08 Å². The van der Waals surface area contributed by atoms with Gasteiger partial charge in [-0.25, -0.2) is 0 Å². The molecule has 1 saturated heterocycles. The number of nitrogens with zero attached hydrogens (tertiary/aromatic N) is 1. The van der Waals surface area contributed by atoms with Gasteiger partial charge in [-0.05, 0) is 30.9 Å². The fraction of sp³-hybridized carbons (Fsp3) is 0.444. The molecular formula is C18H21NO2. The lowest BCUT2D eigenvalue weighted by atomic mass is 9.58. The summed E-state index contributed by atoms with van der Waals surface area (Å²) in [7, 11) is 0. The van der Waals surface area contributed by atoms with Crippen molar-refractivity contribution in [3.8, 4) is 0 Å². The van der Waals surface area contributed by atoms with Crippen LogP contribution in [-0.4, -0.2) is 29.7 Å². The van der Waals surface area contributed by atoms with Crippen LogP contribution >= 0.6 is 0 Å². The molecule has 1 aromatic rings. The molecule has 1 amide bonds. The zero-order valence-corrected chi connectivity index (χ0v) is 12.6. The second-order valence-corrected chi connectivity index (χ2v) is 6.04. The number of piperidine rings is 1. The molecule has 1 fully saturated rings. The molecule has 1 aliphatic heterocycles. The Morgan fingerprint density at radius 1 is 1.24 bits per heavy atom. The average molecular weight is 283 g/mol. The van der Waals surface area contributed by atoms with E-state index in [2.05, 4.69) is 0 Å². The summed E-state index contributed by atoms with van der Waals surface area (Å²) in [6, 6.07) is 9.91. The summed E-state index contributed by atoms with van der Waals surface area (Å²) in [6.45, 7) is 5.44. The lowest BCUT2D eigenvalue weighted by molar-refractivity contribution is -0.144. The smallest absolute Gasteiger partial charge is 0.237 e. The normalized spacial score (nSPS) is 32.2. The molecule has 21 heavy (non-hydrogen) atoms. The number of hydrogen-bond acceptors (Lipinski definition) is 2. The predicted molar refractivity (Wildman–Crippen MR) is 81.8 cm³/mol. The summed E-state index contributed by atoms with van der Waals surface area (Å²) in [5.74, 6) is 0.248. The number of hydrogen-bond donors (Lipinski definition) is 0. The van der Waals surface area contributed by atoms with Crippen LogP contribution < -0.4 is 0 Å². The zero-order chi connectivity index (χ0) is 15.0. The van der Waals surface area contributed by atoms with E-state index >= 15 is 0 Å². The number of carbonyl (C=O) groups is 2. The van der Waals surface area contributed by atoms with E-state index in [0.29, 0.717) is 0 Å². The van der Waals surface area contributed by atoms with Crippen LogP contribution in [0.3, 0.4) is 0 Å². The number of ketones is 1. The fourth-order valence-electron chi connectivity index (χ4n) is 3.90. The number of fused-ring (bicyclic) bond motifs is 1. The zero-order valence-electron chi connectivity index (χ0n) is 12.6. The summed E-state index contributed by atoms with van der Waals surface area (Å²) < 4.78 is 0. The summed E-state index contributed by atoms with van der Waals surface area (Å²) in [5, 5.41) is 0. The van der Waals surface area contributed by atoms with Crippen LogP contribution in [-0.2, 0) is 15.0 Å². The van der Waals surface area contributed by atoms with Crippen molar-refractivity contribution in [2.24, 2.45) is 11.8 Å². The second-order valence-electron chi connectivity index (χ2n) is 6.04. The van der Waals surface area contributed by atoms with Crippen LogP contribution in [0, 0.1) is 11.8 Å². The Bertz CT molecular complexity index is 592. The topological polar surface area (TPSA) is 37.4 Å². The lowest BCUT2D eigenvalue weighted by Crippen LogP contribution is -2.58. The molecule has 1 aromatic carbocycles. The molecule has 3 rings (SSSR count). The molecule has 3 atom stereocenters. The summed E-state index contributed by atoms with van der Waals surface area (Å²) >= 11 is 0. The highest BCUT2D eigenvalue weighted by Crippen LogP contribution is 2.47. The molecule has 110 valence electrons. The third kappa shape index (κ3) is 1.95. The van der Waals surface area contributed by atoms with E-state index in [-0.39, 0.29) is 23.5 Å². The van der Waals surface area contributed by atoms with Crippen LogP contribution in [0.25, 0.3) is 0 Å². The van der Waals surface area contributed by atoms with E-state index < -0.39 is 5.41 Å². The van der Waals surface area contributed by atoms with Gasteiger partial charge >= 0.3 is 0 Å². The van der Waals surface area contributed by atoms with Crippen LogP contribution in [0.15, 0.2) is 42.5 Å². The SMILES string of the molecule is CCN1CC[C@H]2[C@H](C)C(=O)C=CC2(c2ccccc2)C1=O. The molecule has 1 heterocycles. The minimum atomic E-state index is -0.664. The van der Waals surface area contributed by atoms with Gasteiger partial charge in [-0.15, -0.1) is 0 Å². The van der Waals surface area contributed by atoms with Gasteiger partial charge in [0.1, 0.15) is 0 Å². The highest BCUT2D eigenvalue weighted by atomic mass is 16.2. The van der Waals surface area contributed by atoms with Crippen molar-refractivity contribution < 1.29 is 9.59 Å². The molecular weight excluding hydrogens is 262 g/mol. The van der Waals surface area contributed by atoms with Crippen LogP contribution in [0.5, 0.6) is 0 Å². The van der Waals surface area contributed by atoms with Crippen molar-refractivity contribution in [3.63, 3.8) is 0 Å². The Morgan fingerprint density at radius 3 is 2.62 bits per heavy atom. The average Bonchev–Trinajstić information content (AvgIpc) is 2.52. The highest BCUT2D eigenvalue weighted by molar-refractivity contribution is 6.00. The summed E-state index contributed by atoms with van der Waals surface area (Å²) in [5.41, 5.74) is 0.344. The molecule has 1 aliphatic carbocycles. The van der Waals surface area contributed by atoms with Gasteiger partial charge in [-0.1, -0.05) is 43.3 Å². The Hall–Kier alpha value is -1.90. The van der Waals surface area contributed by atoms with E-state index in [4.69, 9.17) is 0 Å². The molecule has 0 bridgehead atoms. The first kappa shape index (κ1) is 14.1. The Morgan fingerprint density at radius 2 is 1.95 bits per heavy atom. The van der Waals surface area contributed by atoms with E-state index in [1.165, 1.54) is 0 Å². The highest BCUT2D eigenvalue weighted by Gasteiger charge is 2.54. The Labute approximate surface area is 125 Å². The summed E-state index contributed by atoms with van der Waals surface area (Å²) in [6.07, 6.45) is 4.36. The minimum Gasteiger partial charge on any atom is -0.342 e. The molecule has 0 radical (unpaired) electrons. The van der Waals surface area contributed by atoms with Crippen molar-refractivity contribution in [2.75, 3.05) is 13.1 Å². The molecule has 2 aliphatic rings. The first-order valence-corrected chi connectivity index (χ1v) is 7.69.